The molecule has 3 aromatic carbocycles. The molecule has 1 aliphatic heterocycles. The van der Waals surface area contributed by atoms with Gasteiger partial charge in [-0.25, -0.2) is 0 Å². The van der Waals surface area contributed by atoms with Crippen molar-refractivity contribution in [3.63, 3.8) is 0 Å². The largest absolute Gasteiger partial charge is 0.497 e. The Morgan fingerprint density at radius 2 is 1.48 bits per heavy atom. The molecule has 0 saturated heterocycles. The molecule has 128 valence electrons. The lowest BCUT2D eigenvalue weighted by Gasteiger charge is -2.16. The minimum atomic E-state index is 0.158. The lowest BCUT2D eigenvalue weighted by Crippen LogP contribution is -1.95. The van der Waals surface area contributed by atoms with Gasteiger partial charge in [0.1, 0.15) is 5.75 Å². The number of rotatable bonds is 4. The van der Waals surface area contributed by atoms with Gasteiger partial charge in [-0.1, -0.05) is 30.3 Å². The summed E-state index contributed by atoms with van der Waals surface area (Å²) in [7, 11) is 4.88. The van der Waals surface area contributed by atoms with E-state index in [1.54, 1.807) is 21.3 Å². The van der Waals surface area contributed by atoms with Crippen molar-refractivity contribution in [1.29, 1.82) is 0 Å². The van der Waals surface area contributed by atoms with Gasteiger partial charge in [0.05, 0.1) is 21.3 Å². The summed E-state index contributed by atoms with van der Waals surface area (Å²) in [5, 5.41) is 1.86. The molecule has 1 heterocycles. The second-order valence-electron chi connectivity index (χ2n) is 5.59. The Balaban J connectivity index is 2.05. The van der Waals surface area contributed by atoms with Gasteiger partial charge in [-0.05, 0) is 23.3 Å². The van der Waals surface area contributed by atoms with Gasteiger partial charge >= 0.3 is 0 Å². The molecule has 0 N–H and O–H groups in total. The summed E-state index contributed by atoms with van der Waals surface area (Å²) in [5.74, 6) is 3.26. The molecule has 3 aromatic rings. The maximum absolute atomic E-state index is 5.78. The summed E-state index contributed by atoms with van der Waals surface area (Å²) in [4.78, 5) is 0. The number of fused-ring (bicyclic) bond motifs is 3. The smallest absolute Gasteiger partial charge is 0.231 e. The third kappa shape index (κ3) is 2.31. The molecule has 0 spiro atoms. The monoisotopic (exact) mass is 338 g/mol. The standard InChI is InChI=1S/C20H18O5/c1-21-13-9-7-12(8-10-13)14-5-4-6-15-16(14)18-20(25-11-24-18)19(23-3)17(15)22-2/h4-10H,11H2,1-3H3. The van der Waals surface area contributed by atoms with Gasteiger partial charge in [-0.2, -0.15) is 0 Å². The molecule has 0 unspecified atom stereocenters. The van der Waals surface area contributed by atoms with Crippen LogP contribution in [0.25, 0.3) is 21.9 Å². The quantitative estimate of drug-likeness (QED) is 0.711. The normalized spacial score (nSPS) is 12.3. The number of hydrogen-bond acceptors (Lipinski definition) is 5. The van der Waals surface area contributed by atoms with Gasteiger partial charge in [0.25, 0.3) is 0 Å². The van der Waals surface area contributed by atoms with E-state index in [0.717, 1.165) is 27.6 Å². The average Bonchev–Trinajstić information content (AvgIpc) is 3.16. The second-order valence-corrected chi connectivity index (χ2v) is 5.59. The Morgan fingerprint density at radius 3 is 2.16 bits per heavy atom. The maximum Gasteiger partial charge on any atom is 0.231 e. The van der Waals surface area contributed by atoms with Crippen molar-refractivity contribution >= 4 is 10.8 Å². The van der Waals surface area contributed by atoms with Crippen molar-refractivity contribution in [2.24, 2.45) is 0 Å². The Hall–Kier alpha value is -3.08. The van der Waals surface area contributed by atoms with Gasteiger partial charge in [0.2, 0.25) is 18.3 Å². The summed E-state index contributed by atoms with van der Waals surface area (Å²) < 4.78 is 27.8. The average molecular weight is 338 g/mol. The first-order valence-electron chi connectivity index (χ1n) is 7.89. The molecule has 0 atom stereocenters. The van der Waals surface area contributed by atoms with Crippen molar-refractivity contribution in [3.05, 3.63) is 42.5 Å². The van der Waals surface area contributed by atoms with Crippen LogP contribution in [0.2, 0.25) is 0 Å². The zero-order valence-corrected chi connectivity index (χ0v) is 14.3. The van der Waals surface area contributed by atoms with E-state index in [9.17, 15) is 0 Å². The summed E-state index contributed by atoms with van der Waals surface area (Å²) in [6, 6.07) is 14.0. The Labute approximate surface area is 145 Å². The van der Waals surface area contributed by atoms with E-state index in [4.69, 9.17) is 23.7 Å². The van der Waals surface area contributed by atoms with E-state index in [1.165, 1.54) is 0 Å². The molecule has 4 rings (SSSR count). The predicted octanol–water partition coefficient (Wildman–Crippen LogP) is 4.26. The first kappa shape index (κ1) is 15.4. The first-order chi connectivity index (χ1) is 12.3. The molecule has 0 aliphatic carbocycles. The Morgan fingerprint density at radius 1 is 0.760 bits per heavy atom. The van der Waals surface area contributed by atoms with Crippen LogP contribution in [0.4, 0.5) is 0 Å². The van der Waals surface area contributed by atoms with Crippen molar-refractivity contribution in [2.75, 3.05) is 28.1 Å². The topological polar surface area (TPSA) is 46.2 Å². The fraction of sp³-hybridized carbons (Fsp3) is 0.200. The van der Waals surface area contributed by atoms with Gasteiger partial charge in [0.15, 0.2) is 11.5 Å². The van der Waals surface area contributed by atoms with E-state index in [0.29, 0.717) is 23.0 Å². The van der Waals surface area contributed by atoms with E-state index >= 15 is 0 Å². The molecule has 5 nitrogen and oxygen atoms in total. The molecule has 1 aliphatic rings. The fourth-order valence-electron chi connectivity index (χ4n) is 3.24. The molecule has 0 bridgehead atoms. The third-order valence-electron chi connectivity index (χ3n) is 4.37. The zero-order valence-electron chi connectivity index (χ0n) is 14.3. The van der Waals surface area contributed by atoms with Crippen molar-refractivity contribution in [2.45, 2.75) is 0 Å². The van der Waals surface area contributed by atoms with Crippen LogP contribution in [0.15, 0.2) is 42.5 Å². The van der Waals surface area contributed by atoms with Gasteiger partial charge < -0.3 is 23.7 Å². The van der Waals surface area contributed by atoms with Crippen molar-refractivity contribution < 1.29 is 23.7 Å². The summed E-state index contributed by atoms with van der Waals surface area (Å²) in [6.07, 6.45) is 0. The van der Waals surface area contributed by atoms with Crippen molar-refractivity contribution in [3.8, 4) is 39.9 Å². The number of ether oxygens (including phenoxy) is 5. The molecule has 0 fully saturated rings. The minimum absolute atomic E-state index is 0.158. The van der Waals surface area contributed by atoms with E-state index < -0.39 is 0 Å². The summed E-state index contributed by atoms with van der Waals surface area (Å²) in [5.41, 5.74) is 2.08. The predicted molar refractivity (Wildman–Crippen MR) is 95.2 cm³/mol. The van der Waals surface area contributed by atoms with Crippen LogP contribution in [0.5, 0.6) is 28.7 Å². The molecule has 5 heteroatoms. The lowest BCUT2D eigenvalue weighted by molar-refractivity contribution is 0.171. The number of hydrogen-bond donors (Lipinski definition) is 0. The van der Waals surface area contributed by atoms with E-state index in [2.05, 4.69) is 6.07 Å². The minimum Gasteiger partial charge on any atom is -0.497 e. The van der Waals surface area contributed by atoms with Crippen LogP contribution < -0.4 is 23.7 Å². The van der Waals surface area contributed by atoms with Gasteiger partial charge in [-0.3, -0.25) is 0 Å². The third-order valence-corrected chi connectivity index (χ3v) is 4.37. The maximum atomic E-state index is 5.78. The first-order valence-corrected chi connectivity index (χ1v) is 7.89. The van der Waals surface area contributed by atoms with Crippen LogP contribution in [-0.4, -0.2) is 28.1 Å². The molecule has 25 heavy (non-hydrogen) atoms. The number of methoxy groups -OCH3 is 3. The highest BCUT2D eigenvalue weighted by Crippen LogP contribution is 2.55. The van der Waals surface area contributed by atoms with E-state index in [-0.39, 0.29) is 6.79 Å². The molecule has 0 aromatic heterocycles. The Kier molecular flexibility index (Phi) is 3.76. The van der Waals surface area contributed by atoms with Crippen LogP contribution in [0.1, 0.15) is 0 Å². The van der Waals surface area contributed by atoms with Crippen LogP contribution in [0, 0.1) is 0 Å². The molecule has 0 radical (unpaired) electrons. The summed E-state index contributed by atoms with van der Waals surface area (Å²) in [6.45, 7) is 0.158. The van der Waals surface area contributed by atoms with Crippen LogP contribution in [-0.2, 0) is 0 Å². The fourth-order valence-corrected chi connectivity index (χ4v) is 3.24. The highest BCUT2D eigenvalue weighted by Gasteiger charge is 2.29. The summed E-state index contributed by atoms with van der Waals surface area (Å²) >= 11 is 0. The highest BCUT2D eigenvalue weighted by atomic mass is 16.7. The molecular formula is C20H18O5. The van der Waals surface area contributed by atoms with Crippen LogP contribution >= 0.6 is 0 Å². The Bertz CT molecular complexity index is 931. The highest BCUT2D eigenvalue weighted by molar-refractivity contribution is 6.07. The zero-order chi connectivity index (χ0) is 17.4. The SMILES string of the molecule is COc1ccc(-c2cccc3c(OC)c(OC)c4c(c23)OCO4)cc1. The molecule has 0 amide bonds. The molecule has 0 saturated carbocycles. The second kappa shape index (κ2) is 6.09. The van der Waals surface area contributed by atoms with Crippen LogP contribution in [0.3, 0.4) is 0 Å². The number of benzene rings is 3. The van der Waals surface area contributed by atoms with Crippen molar-refractivity contribution in [1.82, 2.24) is 0 Å². The van der Waals surface area contributed by atoms with Gasteiger partial charge in [-0.15, -0.1) is 0 Å². The van der Waals surface area contributed by atoms with Gasteiger partial charge in [0, 0.05) is 10.8 Å². The molecular weight excluding hydrogens is 320 g/mol. The lowest BCUT2D eigenvalue weighted by atomic mass is 9.96. The van der Waals surface area contributed by atoms with E-state index in [1.807, 2.05) is 36.4 Å².